The third kappa shape index (κ3) is 3.53. The van der Waals surface area contributed by atoms with Crippen molar-refractivity contribution in [2.45, 2.75) is 50.8 Å². The lowest BCUT2D eigenvalue weighted by atomic mass is 10.1. The third-order valence-electron chi connectivity index (χ3n) is 4.27. The SMILES string of the molecule is O=C(NCCCn1ccnn1)N1CCCC1C1CCCO1. The van der Waals surface area contributed by atoms with E-state index in [1.807, 2.05) is 11.1 Å². The molecule has 21 heavy (non-hydrogen) atoms. The van der Waals surface area contributed by atoms with Gasteiger partial charge in [0.2, 0.25) is 0 Å². The molecule has 3 rings (SSSR count). The van der Waals surface area contributed by atoms with Gasteiger partial charge < -0.3 is 15.0 Å². The molecule has 0 radical (unpaired) electrons. The van der Waals surface area contributed by atoms with Crippen molar-refractivity contribution >= 4 is 6.03 Å². The highest BCUT2D eigenvalue weighted by Crippen LogP contribution is 2.27. The molecule has 0 aromatic carbocycles. The van der Waals surface area contributed by atoms with Crippen molar-refractivity contribution in [3.05, 3.63) is 12.4 Å². The average molecular weight is 293 g/mol. The fraction of sp³-hybridized carbons (Fsp3) is 0.786. The van der Waals surface area contributed by atoms with Crippen LogP contribution in [0.3, 0.4) is 0 Å². The molecule has 0 aliphatic carbocycles. The van der Waals surface area contributed by atoms with Crippen LogP contribution in [0.4, 0.5) is 4.79 Å². The number of aryl methyl sites for hydroxylation is 1. The van der Waals surface area contributed by atoms with E-state index >= 15 is 0 Å². The van der Waals surface area contributed by atoms with E-state index in [0.717, 1.165) is 51.8 Å². The Kier molecular flexibility index (Phi) is 4.69. The van der Waals surface area contributed by atoms with E-state index in [0.29, 0.717) is 6.54 Å². The lowest BCUT2D eigenvalue weighted by Crippen LogP contribution is -2.47. The summed E-state index contributed by atoms with van der Waals surface area (Å²) in [5.74, 6) is 0. The van der Waals surface area contributed by atoms with Gasteiger partial charge in [0.25, 0.3) is 0 Å². The van der Waals surface area contributed by atoms with Gasteiger partial charge in [0.1, 0.15) is 0 Å². The molecule has 0 bridgehead atoms. The fourth-order valence-electron chi connectivity index (χ4n) is 3.23. The van der Waals surface area contributed by atoms with Crippen LogP contribution >= 0.6 is 0 Å². The van der Waals surface area contributed by atoms with Crippen LogP contribution in [-0.2, 0) is 11.3 Å². The minimum absolute atomic E-state index is 0.0478. The second-order valence-electron chi connectivity index (χ2n) is 5.71. The van der Waals surface area contributed by atoms with Crippen molar-refractivity contribution in [1.29, 1.82) is 0 Å². The smallest absolute Gasteiger partial charge is 0.317 e. The molecule has 1 aromatic heterocycles. The number of hydrogen-bond donors (Lipinski definition) is 1. The van der Waals surface area contributed by atoms with Gasteiger partial charge in [0, 0.05) is 32.4 Å². The highest BCUT2D eigenvalue weighted by Gasteiger charge is 2.36. The molecule has 2 unspecified atom stereocenters. The number of amides is 2. The van der Waals surface area contributed by atoms with E-state index in [9.17, 15) is 4.79 Å². The molecule has 1 aromatic rings. The van der Waals surface area contributed by atoms with E-state index in [1.54, 1.807) is 10.9 Å². The van der Waals surface area contributed by atoms with Crippen LogP contribution in [0, 0.1) is 0 Å². The molecule has 116 valence electrons. The van der Waals surface area contributed by atoms with Gasteiger partial charge >= 0.3 is 6.03 Å². The lowest BCUT2D eigenvalue weighted by molar-refractivity contribution is 0.0521. The number of ether oxygens (including phenoxy) is 1. The van der Waals surface area contributed by atoms with Gasteiger partial charge in [0.05, 0.1) is 18.3 Å². The summed E-state index contributed by atoms with van der Waals surface area (Å²) in [6, 6.07) is 0.314. The summed E-state index contributed by atoms with van der Waals surface area (Å²) < 4.78 is 7.53. The second-order valence-corrected chi connectivity index (χ2v) is 5.71. The summed E-state index contributed by atoms with van der Waals surface area (Å²) in [6.07, 6.45) is 8.94. The minimum atomic E-state index is 0.0478. The average Bonchev–Trinajstić information content (AvgIpc) is 3.24. The quantitative estimate of drug-likeness (QED) is 0.823. The molecule has 7 nitrogen and oxygen atoms in total. The van der Waals surface area contributed by atoms with Crippen molar-refractivity contribution in [2.24, 2.45) is 0 Å². The summed E-state index contributed by atoms with van der Waals surface area (Å²) in [5, 5.41) is 10.7. The summed E-state index contributed by atoms with van der Waals surface area (Å²) in [4.78, 5) is 14.3. The second kappa shape index (κ2) is 6.89. The van der Waals surface area contributed by atoms with E-state index < -0.39 is 0 Å². The molecule has 0 saturated carbocycles. The Hall–Kier alpha value is -1.63. The topological polar surface area (TPSA) is 72.3 Å². The van der Waals surface area contributed by atoms with Crippen LogP contribution < -0.4 is 5.32 Å². The Balaban J connectivity index is 1.41. The maximum atomic E-state index is 12.3. The molecule has 2 atom stereocenters. The number of carbonyl (C=O) groups excluding carboxylic acids is 1. The maximum absolute atomic E-state index is 12.3. The maximum Gasteiger partial charge on any atom is 0.317 e. The van der Waals surface area contributed by atoms with Crippen molar-refractivity contribution < 1.29 is 9.53 Å². The zero-order valence-corrected chi connectivity index (χ0v) is 12.3. The number of aromatic nitrogens is 3. The Morgan fingerprint density at radius 3 is 3.10 bits per heavy atom. The van der Waals surface area contributed by atoms with Crippen molar-refractivity contribution in [1.82, 2.24) is 25.2 Å². The van der Waals surface area contributed by atoms with Gasteiger partial charge in [-0.2, -0.15) is 0 Å². The molecule has 2 aliphatic rings. The van der Waals surface area contributed by atoms with E-state index in [4.69, 9.17) is 4.74 Å². The monoisotopic (exact) mass is 293 g/mol. The van der Waals surface area contributed by atoms with Crippen molar-refractivity contribution in [3.63, 3.8) is 0 Å². The van der Waals surface area contributed by atoms with Crippen LogP contribution in [0.25, 0.3) is 0 Å². The number of likely N-dealkylation sites (tertiary alicyclic amines) is 1. The number of rotatable bonds is 5. The van der Waals surface area contributed by atoms with Crippen LogP contribution in [0.2, 0.25) is 0 Å². The molecule has 1 N–H and O–H groups in total. The van der Waals surface area contributed by atoms with Gasteiger partial charge in [-0.25, -0.2) is 4.79 Å². The first-order valence-electron chi connectivity index (χ1n) is 7.85. The lowest BCUT2D eigenvalue weighted by Gasteiger charge is -2.29. The molecule has 7 heteroatoms. The van der Waals surface area contributed by atoms with Gasteiger partial charge in [-0.3, -0.25) is 4.68 Å². The summed E-state index contributed by atoms with van der Waals surface area (Å²) >= 11 is 0. The first-order chi connectivity index (χ1) is 10.3. The summed E-state index contributed by atoms with van der Waals surface area (Å²) in [5.41, 5.74) is 0. The van der Waals surface area contributed by atoms with E-state index in [1.165, 1.54) is 0 Å². The van der Waals surface area contributed by atoms with Gasteiger partial charge in [0.15, 0.2) is 0 Å². The Morgan fingerprint density at radius 1 is 1.38 bits per heavy atom. The Labute approximate surface area is 124 Å². The van der Waals surface area contributed by atoms with E-state index in [2.05, 4.69) is 15.6 Å². The normalized spacial score (nSPS) is 25.4. The highest BCUT2D eigenvalue weighted by molar-refractivity contribution is 5.74. The first kappa shape index (κ1) is 14.3. The van der Waals surface area contributed by atoms with Crippen LogP contribution in [0.1, 0.15) is 32.1 Å². The molecule has 2 saturated heterocycles. The molecule has 3 heterocycles. The fourth-order valence-corrected chi connectivity index (χ4v) is 3.23. The Morgan fingerprint density at radius 2 is 2.33 bits per heavy atom. The number of carbonyl (C=O) groups is 1. The molecule has 2 amide bonds. The van der Waals surface area contributed by atoms with Gasteiger partial charge in [-0.1, -0.05) is 5.21 Å². The molecule has 0 spiro atoms. The summed E-state index contributed by atoms with van der Waals surface area (Å²) in [7, 11) is 0. The number of nitrogens with zero attached hydrogens (tertiary/aromatic N) is 4. The molecular formula is C14H23N5O2. The molecule has 2 aliphatic heterocycles. The predicted octanol–water partition coefficient (Wildman–Crippen LogP) is 1.02. The third-order valence-corrected chi connectivity index (χ3v) is 4.27. The summed E-state index contributed by atoms with van der Waals surface area (Å²) in [6.45, 7) is 3.12. The number of hydrogen-bond acceptors (Lipinski definition) is 4. The number of nitrogens with one attached hydrogen (secondary N) is 1. The molecular weight excluding hydrogens is 270 g/mol. The van der Waals surface area contributed by atoms with Gasteiger partial charge in [-0.05, 0) is 32.1 Å². The van der Waals surface area contributed by atoms with Crippen LogP contribution in [-0.4, -0.2) is 57.8 Å². The predicted molar refractivity (Wildman–Crippen MR) is 76.7 cm³/mol. The zero-order valence-electron chi connectivity index (χ0n) is 12.3. The Bertz CT molecular complexity index is 444. The standard InChI is InChI=1S/C14H23N5O2/c20-14(15-6-3-8-18-10-7-16-17-18)19-9-1-4-12(19)13-5-2-11-21-13/h7,10,12-13H,1-6,8-9,11H2,(H,15,20). The largest absolute Gasteiger partial charge is 0.376 e. The minimum Gasteiger partial charge on any atom is -0.376 e. The van der Waals surface area contributed by atoms with Crippen molar-refractivity contribution in [2.75, 3.05) is 19.7 Å². The highest BCUT2D eigenvalue weighted by atomic mass is 16.5. The van der Waals surface area contributed by atoms with Crippen LogP contribution in [0.15, 0.2) is 12.4 Å². The first-order valence-corrected chi connectivity index (χ1v) is 7.85. The van der Waals surface area contributed by atoms with Gasteiger partial charge in [-0.15, -0.1) is 5.10 Å². The molecule has 2 fully saturated rings. The van der Waals surface area contributed by atoms with E-state index in [-0.39, 0.29) is 18.2 Å². The number of urea groups is 1. The van der Waals surface area contributed by atoms with Crippen molar-refractivity contribution in [3.8, 4) is 0 Å². The zero-order chi connectivity index (χ0) is 14.5. The van der Waals surface area contributed by atoms with Crippen LogP contribution in [0.5, 0.6) is 0 Å².